The zero-order valence-corrected chi connectivity index (χ0v) is 14.5. The van der Waals surface area contributed by atoms with Crippen molar-refractivity contribution in [3.63, 3.8) is 0 Å². The van der Waals surface area contributed by atoms with Gasteiger partial charge in [0, 0.05) is 31.6 Å². The number of hydrogen-bond donors (Lipinski definition) is 1. The van der Waals surface area contributed by atoms with Gasteiger partial charge in [-0.15, -0.1) is 0 Å². The third kappa shape index (κ3) is 3.98. The van der Waals surface area contributed by atoms with Crippen LogP contribution in [0.2, 0.25) is 0 Å². The van der Waals surface area contributed by atoms with Gasteiger partial charge in [-0.3, -0.25) is 4.72 Å². The molecule has 1 atom stereocenters. The molecular formula is C17H26N2O3S. The van der Waals surface area contributed by atoms with E-state index in [0.717, 1.165) is 57.3 Å². The van der Waals surface area contributed by atoms with Crippen LogP contribution in [0.3, 0.4) is 0 Å². The molecular weight excluding hydrogens is 312 g/mol. The fourth-order valence-electron chi connectivity index (χ4n) is 3.52. The molecule has 0 amide bonds. The summed E-state index contributed by atoms with van der Waals surface area (Å²) >= 11 is 0. The molecule has 1 aromatic rings. The minimum absolute atomic E-state index is 0.239. The second-order valence-electron chi connectivity index (χ2n) is 6.55. The van der Waals surface area contributed by atoms with Crippen molar-refractivity contribution in [1.82, 2.24) is 0 Å². The molecule has 0 spiro atoms. The lowest BCUT2D eigenvalue weighted by atomic mass is 10.0. The van der Waals surface area contributed by atoms with E-state index in [1.807, 2.05) is 24.3 Å². The standard InChI is InChI=1S/C17H26N2O3S/c1-22-16-11-12-19(13-16)15-9-7-14(8-10-15)18-23(20,21)17-5-3-2-4-6-17/h7-10,16-18H,2-6,11-13H2,1H3/t16-/m1/s1. The summed E-state index contributed by atoms with van der Waals surface area (Å²) in [5.41, 5.74) is 1.77. The normalized spacial score (nSPS) is 23.2. The third-order valence-electron chi connectivity index (χ3n) is 4.96. The molecule has 0 bridgehead atoms. The number of nitrogens with zero attached hydrogens (tertiary/aromatic N) is 1. The lowest BCUT2D eigenvalue weighted by Gasteiger charge is -2.23. The predicted octanol–water partition coefficient (Wildman–Crippen LogP) is 2.99. The third-order valence-corrected chi connectivity index (χ3v) is 6.83. The van der Waals surface area contributed by atoms with E-state index in [9.17, 15) is 8.42 Å². The number of methoxy groups -OCH3 is 1. The van der Waals surface area contributed by atoms with E-state index in [1.54, 1.807) is 7.11 Å². The minimum atomic E-state index is -3.26. The first-order chi connectivity index (χ1) is 11.1. The van der Waals surface area contributed by atoms with Crippen LogP contribution in [-0.4, -0.2) is 40.0 Å². The van der Waals surface area contributed by atoms with E-state index in [-0.39, 0.29) is 5.25 Å². The van der Waals surface area contributed by atoms with Crippen molar-refractivity contribution in [1.29, 1.82) is 0 Å². The molecule has 1 aromatic carbocycles. The van der Waals surface area contributed by atoms with E-state index in [4.69, 9.17) is 4.74 Å². The van der Waals surface area contributed by atoms with Crippen molar-refractivity contribution in [3.8, 4) is 0 Å². The summed E-state index contributed by atoms with van der Waals surface area (Å²) in [4.78, 5) is 2.27. The van der Waals surface area contributed by atoms with Crippen LogP contribution in [0.1, 0.15) is 38.5 Å². The lowest BCUT2D eigenvalue weighted by molar-refractivity contribution is 0.121. The summed E-state index contributed by atoms with van der Waals surface area (Å²) in [6.07, 6.45) is 6.06. The van der Waals surface area contributed by atoms with Crippen LogP contribution < -0.4 is 9.62 Å². The monoisotopic (exact) mass is 338 g/mol. The van der Waals surface area contributed by atoms with Crippen LogP contribution in [-0.2, 0) is 14.8 Å². The van der Waals surface area contributed by atoms with Gasteiger partial charge in [0.1, 0.15) is 0 Å². The smallest absolute Gasteiger partial charge is 0.235 e. The van der Waals surface area contributed by atoms with Gasteiger partial charge in [-0.1, -0.05) is 19.3 Å². The zero-order chi connectivity index (χ0) is 16.3. The van der Waals surface area contributed by atoms with Crippen LogP contribution in [0.25, 0.3) is 0 Å². The molecule has 1 saturated carbocycles. The van der Waals surface area contributed by atoms with E-state index in [2.05, 4.69) is 9.62 Å². The van der Waals surface area contributed by atoms with E-state index >= 15 is 0 Å². The molecule has 2 aliphatic rings. The summed E-state index contributed by atoms with van der Waals surface area (Å²) in [6, 6.07) is 7.68. The lowest BCUT2D eigenvalue weighted by Crippen LogP contribution is -2.29. The molecule has 128 valence electrons. The van der Waals surface area contributed by atoms with Crippen LogP contribution in [0.5, 0.6) is 0 Å². The maximum absolute atomic E-state index is 12.4. The first kappa shape index (κ1) is 16.6. The topological polar surface area (TPSA) is 58.6 Å². The molecule has 0 radical (unpaired) electrons. The number of sulfonamides is 1. The molecule has 1 heterocycles. The van der Waals surface area contributed by atoms with Crippen molar-refractivity contribution >= 4 is 21.4 Å². The number of anilines is 2. The largest absolute Gasteiger partial charge is 0.380 e. The van der Waals surface area contributed by atoms with Crippen molar-refractivity contribution in [3.05, 3.63) is 24.3 Å². The van der Waals surface area contributed by atoms with Crippen molar-refractivity contribution in [2.45, 2.75) is 49.9 Å². The predicted molar refractivity (Wildman–Crippen MR) is 93.5 cm³/mol. The Morgan fingerprint density at radius 2 is 1.78 bits per heavy atom. The maximum Gasteiger partial charge on any atom is 0.235 e. The van der Waals surface area contributed by atoms with Gasteiger partial charge in [0.05, 0.1) is 11.4 Å². The number of benzene rings is 1. The fraction of sp³-hybridized carbons (Fsp3) is 0.647. The second-order valence-corrected chi connectivity index (χ2v) is 8.51. The summed E-state index contributed by atoms with van der Waals surface area (Å²) in [6.45, 7) is 1.87. The Morgan fingerprint density at radius 1 is 1.09 bits per heavy atom. The summed E-state index contributed by atoms with van der Waals surface area (Å²) in [7, 11) is -1.52. The number of ether oxygens (including phenoxy) is 1. The quantitative estimate of drug-likeness (QED) is 0.897. The van der Waals surface area contributed by atoms with Crippen molar-refractivity contribution < 1.29 is 13.2 Å². The Hall–Kier alpha value is -1.27. The van der Waals surface area contributed by atoms with E-state index < -0.39 is 10.0 Å². The van der Waals surface area contributed by atoms with Crippen LogP contribution in [0.15, 0.2) is 24.3 Å². The molecule has 23 heavy (non-hydrogen) atoms. The van der Waals surface area contributed by atoms with Crippen LogP contribution in [0, 0.1) is 0 Å². The first-order valence-electron chi connectivity index (χ1n) is 8.48. The molecule has 2 fully saturated rings. The average molecular weight is 338 g/mol. The van der Waals surface area contributed by atoms with E-state index in [0.29, 0.717) is 11.8 Å². The average Bonchev–Trinajstić information content (AvgIpc) is 3.05. The number of rotatable bonds is 5. The Kier molecular flexibility index (Phi) is 5.11. The van der Waals surface area contributed by atoms with Crippen LogP contribution in [0.4, 0.5) is 11.4 Å². The van der Waals surface area contributed by atoms with Crippen molar-refractivity contribution in [2.24, 2.45) is 0 Å². The SMILES string of the molecule is CO[C@@H]1CCN(c2ccc(NS(=O)(=O)C3CCCCC3)cc2)C1. The molecule has 5 nitrogen and oxygen atoms in total. The zero-order valence-electron chi connectivity index (χ0n) is 13.7. The molecule has 6 heteroatoms. The molecule has 1 saturated heterocycles. The van der Waals surface area contributed by atoms with E-state index in [1.165, 1.54) is 0 Å². The van der Waals surface area contributed by atoms with Gasteiger partial charge < -0.3 is 9.64 Å². The second kappa shape index (κ2) is 7.09. The summed E-state index contributed by atoms with van der Waals surface area (Å²) in [5, 5.41) is -0.239. The highest BCUT2D eigenvalue weighted by molar-refractivity contribution is 7.93. The molecule has 1 aliphatic heterocycles. The fourth-order valence-corrected chi connectivity index (χ4v) is 5.10. The highest BCUT2D eigenvalue weighted by atomic mass is 32.2. The Bertz CT molecular complexity index is 609. The first-order valence-corrected chi connectivity index (χ1v) is 10.0. The van der Waals surface area contributed by atoms with Gasteiger partial charge in [-0.2, -0.15) is 0 Å². The van der Waals surface area contributed by atoms with Gasteiger partial charge in [0.15, 0.2) is 0 Å². The minimum Gasteiger partial charge on any atom is -0.380 e. The summed E-state index contributed by atoms with van der Waals surface area (Å²) < 4.78 is 33.0. The maximum atomic E-state index is 12.4. The highest BCUT2D eigenvalue weighted by Gasteiger charge is 2.27. The van der Waals surface area contributed by atoms with Gasteiger partial charge in [0.25, 0.3) is 0 Å². The Balaban J connectivity index is 1.63. The van der Waals surface area contributed by atoms with Gasteiger partial charge in [-0.25, -0.2) is 8.42 Å². The Labute approximate surface area is 139 Å². The van der Waals surface area contributed by atoms with Gasteiger partial charge >= 0.3 is 0 Å². The molecule has 3 rings (SSSR count). The number of nitrogens with one attached hydrogen (secondary N) is 1. The molecule has 1 aliphatic carbocycles. The highest BCUT2D eigenvalue weighted by Crippen LogP contribution is 2.27. The van der Waals surface area contributed by atoms with Crippen molar-refractivity contribution in [2.75, 3.05) is 29.8 Å². The molecule has 0 unspecified atom stereocenters. The molecule has 1 N–H and O–H groups in total. The Morgan fingerprint density at radius 3 is 2.39 bits per heavy atom. The number of hydrogen-bond acceptors (Lipinski definition) is 4. The van der Waals surface area contributed by atoms with Crippen LogP contribution >= 0.6 is 0 Å². The van der Waals surface area contributed by atoms with Gasteiger partial charge in [-0.05, 0) is 43.5 Å². The summed E-state index contributed by atoms with van der Waals surface area (Å²) in [5.74, 6) is 0. The van der Waals surface area contributed by atoms with Gasteiger partial charge in [0.2, 0.25) is 10.0 Å². The molecule has 0 aromatic heterocycles.